The van der Waals surface area contributed by atoms with Gasteiger partial charge in [0.05, 0.1) is 10.3 Å². The van der Waals surface area contributed by atoms with Crippen LogP contribution in [0.2, 0.25) is 0 Å². The Labute approximate surface area is 187 Å². The summed E-state index contributed by atoms with van der Waals surface area (Å²) >= 11 is 1.48. The van der Waals surface area contributed by atoms with E-state index in [2.05, 4.69) is 0 Å². The molecule has 0 fully saturated rings. The van der Waals surface area contributed by atoms with Gasteiger partial charge >= 0.3 is 0 Å². The van der Waals surface area contributed by atoms with Crippen LogP contribution in [0.4, 0.5) is 0 Å². The third-order valence-electron chi connectivity index (χ3n) is 6.02. The molecule has 3 aromatic heterocycles. The van der Waals surface area contributed by atoms with E-state index in [0.29, 0.717) is 28.2 Å². The van der Waals surface area contributed by atoms with E-state index in [1.54, 1.807) is 6.08 Å². The van der Waals surface area contributed by atoms with Gasteiger partial charge in [-0.1, -0.05) is 25.1 Å². The summed E-state index contributed by atoms with van der Waals surface area (Å²) in [5.74, 6) is 0.925. The molecule has 0 bridgehead atoms. The minimum atomic E-state index is -0.205. The number of thiophene rings is 1. The first-order chi connectivity index (χ1) is 15.5. The summed E-state index contributed by atoms with van der Waals surface area (Å²) in [6, 6.07) is 17.3. The molecular weight excluding hydrogens is 420 g/mol. The molecule has 0 radical (unpaired) electrons. The molecule has 0 saturated carbocycles. The van der Waals surface area contributed by atoms with Crippen molar-refractivity contribution in [3.05, 3.63) is 87.3 Å². The van der Waals surface area contributed by atoms with Crippen LogP contribution in [0.25, 0.3) is 38.8 Å². The van der Waals surface area contributed by atoms with E-state index >= 15 is 0 Å². The highest BCUT2D eigenvalue weighted by molar-refractivity contribution is 7.19. The van der Waals surface area contributed by atoms with Crippen molar-refractivity contribution >= 4 is 50.2 Å². The van der Waals surface area contributed by atoms with Crippen molar-refractivity contribution in [2.24, 2.45) is 0 Å². The minimum Gasteiger partial charge on any atom is -0.453 e. The standard InChI is InChI=1S/C27H18O4S/c1-3-15-9-19-18(8-14(15)2)26(28)20(27(19)29)11-17-12-24-25(32-17)13-23(31-24)22-10-16-6-4-5-7-21(16)30-22/h4-13H,3H2,1-2H3/b20-11-. The first-order valence-electron chi connectivity index (χ1n) is 10.5. The van der Waals surface area contributed by atoms with E-state index in [9.17, 15) is 9.59 Å². The lowest BCUT2D eigenvalue weighted by Crippen LogP contribution is -1.99. The van der Waals surface area contributed by atoms with Gasteiger partial charge in [-0.25, -0.2) is 0 Å². The van der Waals surface area contributed by atoms with Gasteiger partial charge in [-0.2, -0.15) is 0 Å². The third kappa shape index (κ3) is 2.82. The highest BCUT2D eigenvalue weighted by Gasteiger charge is 2.33. The van der Waals surface area contributed by atoms with Crippen LogP contribution >= 0.6 is 11.3 Å². The number of hydrogen-bond donors (Lipinski definition) is 0. The van der Waals surface area contributed by atoms with E-state index in [1.807, 2.05) is 68.4 Å². The summed E-state index contributed by atoms with van der Waals surface area (Å²) in [4.78, 5) is 26.7. The second kappa shape index (κ2) is 6.90. The minimum absolute atomic E-state index is 0.201. The number of aryl methyl sites for hydroxylation is 2. The highest BCUT2D eigenvalue weighted by atomic mass is 32.1. The van der Waals surface area contributed by atoms with Gasteiger partial charge in [-0.15, -0.1) is 11.3 Å². The summed E-state index contributed by atoms with van der Waals surface area (Å²) in [5, 5.41) is 1.02. The monoisotopic (exact) mass is 438 g/mol. The SMILES string of the molecule is CCc1cc2c(cc1C)C(=O)/C(=C/c1cc3oc(-c4cc5ccccc5o4)cc3s1)C2=O. The Morgan fingerprint density at radius 2 is 1.59 bits per heavy atom. The molecule has 1 aliphatic carbocycles. The molecular formula is C27H18O4S. The molecule has 0 saturated heterocycles. The van der Waals surface area contributed by atoms with E-state index in [0.717, 1.165) is 38.1 Å². The molecule has 0 amide bonds. The highest BCUT2D eigenvalue weighted by Crippen LogP contribution is 2.38. The first kappa shape index (κ1) is 19.0. The van der Waals surface area contributed by atoms with E-state index in [4.69, 9.17) is 8.83 Å². The number of allylic oxidation sites excluding steroid dienone is 1. The van der Waals surface area contributed by atoms with Crippen molar-refractivity contribution in [2.75, 3.05) is 0 Å². The maximum atomic E-state index is 12.9. The number of hydrogen-bond acceptors (Lipinski definition) is 5. The number of ketones is 2. The smallest absolute Gasteiger partial charge is 0.197 e. The average Bonchev–Trinajstić information content (AvgIpc) is 3.52. The summed E-state index contributed by atoms with van der Waals surface area (Å²) in [6.07, 6.45) is 2.52. The Hall–Kier alpha value is -3.70. The van der Waals surface area contributed by atoms with Crippen LogP contribution in [0.3, 0.4) is 0 Å². The number of Topliss-reactive ketones (excluding diaryl/α,β-unsaturated/α-hetero) is 2. The predicted octanol–water partition coefficient (Wildman–Crippen LogP) is 7.24. The van der Waals surface area contributed by atoms with Crippen molar-refractivity contribution in [3.63, 3.8) is 0 Å². The van der Waals surface area contributed by atoms with Gasteiger partial charge in [0.2, 0.25) is 0 Å². The fraction of sp³-hybridized carbons (Fsp3) is 0.111. The zero-order valence-corrected chi connectivity index (χ0v) is 18.3. The lowest BCUT2D eigenvalue weighted by atomic mass is 9.99. The van der Waals surface area contributed by atoms with Gasteiger partial charge in [-0.3, -0.25) is 9.59 Å². The number of rotatable bonds is 3. The summed E-state index contributed by atoms with van der Waals surface area (Å²) in [5.41, 5.74) is 4.88. The van der Waals surface area contributed by atoms with Gasteiger partial charge in [-0.05, 0) is 60.9 Å². The molecule has 6 rings (SSSR count). The zero-order chi connectivity index (χ0) is 22.0. The molecule has 0 spiro atoms. The van der Waals surface area contributed by atoms with Gasteiger partial charge in [0.15, 0.2) is 23.1 Å². The first-order valence-corrected chi connectivity index (χ1v) is 11.3. The van der Waals surface area contributed by atoms with Gasteiger partial charge < -0.3 is 8.83 Å². The van der Waals surface area contributed by atoms with E-state index in [-0.39, 0.29) is 17.1 Å². The van der Waals surface area contributed by atoms with Crippen LogP contribution in [0.1, 0.15) is 43.6 Å². The lowest BCUT2D eigenvalue weighted by molar-refractivity contribution is 0.0990. The zero-order valence-electron chi connectivity index (χ0n) is 17.5. The Bertz CT molecular complexity index is 1540. The summed E-state index contributed by atoms with van der Waals surface area (Å²) in [6.45, 7) is 4.03. The van der Waals surface area contributed by atoms with Crippen LogP contribution in [-0.4, -0.2) is 11.6 Å². The van der Waals surface area contributed by atoms with Gasteiger partial charge in [0.1, 0.15) is 11.2 Å². The molecule has 32 heavy (non-hydrogen) atoms. The summed E-state index contributed by atoms with van der Waals surface area (Å²) in [7, 11) is 0. The molecule has 0 atom stereocenters. The van der Waals surface area contributed by atoms with Crippen LogP contribution in [0.15, 0.2) is 69.0 Å². The fourth-order valence-electron chi connectivity index (χ4n) is 4.33. The van der Waals surface area contributed by atoms with Crippen molar-refractivity contribution in [1.82, 2.24) is 0 Å². The normalized spacial score (nSPS) is 14.9. The number of carbonyl (C=O) groups excluding carboxylic acids is 2. The van der Waals surface area contributed by atoms with E-state index < -0.39 is 0 Å². The Kier molecular flexibility index (Phi) is 4.10. The van der Waals surface area contributed by atoms with Crippen molar-refractivity contribution in [3.8, 4) is 11.5 Å². The molecule has 156 valence electrons. The van der Waals surface area contributed by atoms with Gasteiger partial charge in [0.25, 0.3) is 0 Å². The number of benzene rings is 2. The van der Waals surface area contributed by atoms with E-state index in [1.165, 1.54) is 11.3 Å². The Balaban J connectivity index is 1.36. The quantitative estimate of drug-likeness (QED) is 0.220. The summed E-state index contributed by atoms with van der Waals surface area (Å²) < 4.78 is 12.8. The predicted molar refractivity (Wildman–Crippen MR) is 126 cm³/mol. The second-order valence-electron chi connectivity index (χ2n) is 8.03. The molecule has 0 unspecified atom stereocenters. The van der Waals surface area contributed by atoms with Crippen LogP contribution < -0.4 is 0 Å². The average molecular weight is 439 g/mol. The molecule has 0 N–H and O–H groups in total. The van der Waals surface area contributed by atoms with Gasteiger partial charge in [0, 0.05) is 27.5 Å². The molecule has 4 nitrogen and oxygen atoms in total. The number of carbonyl (C=O) groups is 2. The Morgan fingerprint density at radius 1 is 0.875 bits per heavy atom. The maximum Gasteiger partial charge on any atom is 0.197 e. The Morgan fingerprint density at radius 3 is 2.34 bits per heavy atom. The van der Waals surface area contributed by atoms with Crippen LogP contribution in [0.5, 0.6) is 0 Å². The molecule has 2 aromatic carbocycles. The molecule has 1 aliphatic rings. The lowest BCUT2D eigenvalue weighted by Gasteiger charge is -2.04. The number of furan rings is 2. The van der Waals surface area contributed by atoms with Crippen molar-refractivity contribution in [2.45, 2.75) is 20.3 Å². The number of para-hydroxylation sites is 1. The maximum absolute atomic E-state index is 12.9. The van der Waals surface area contributed by atoms with Crippen LogP contribution in [-0.2, 0) is 6.42 Å². The largest absolute Gasteiger partial charge is 0.453 e. The third-order valence-corrected chi connectivity index (χ3v) is 7.03. The number of fused-ring (bicyclic) bond motifs is 3. The fourth-order valence-corrected chi connectivity index (χ4v) is 5.29. The molecule has 3 heterocycles. The van der Waals surface area contributed by atoms with Crippen LogP contribution in [0, 0.1) is 6.92 Å². The second-order valence-corrected chi connectivity index (χ2v) is 9.15. The molecule has 5 heteroatoms. The topological polar surface area (TPSA) is 60.4 Å². The van der Waals surface area contributed by atoms with Crippen molar-refractivity contribution in [1.29, 1.82) is 0 Å². The van der Waals surface area contributed by atoms with Crippen molar-refractivity contribution < 1.29 is 18.4 Å². The molecule has 5 aromatic rings. The molecule has 0 aliphatic heterocycles.